The van der Waals surface area contributed by atoms with E-state index < -0.39 is 21.7 Å². The van der Waals surface area contributed by atoms with Crippen LogP contribution in [0.25, 0.3) is 0 Å². The molecule has 1 atom stereocenters. The third-order valence-electron chi connectivity index (χ3n) is 25.2. The molecule has 30 heteroatoms. The van der Waals surface area contributed by atoms with Gasteiger partial charge >= 0.3 is 47.8 Å². The number of unbranched alkanes of at least 4 members (excludes halogenated alkanes) is 9. The normalized spacial score (nSPS) is 13.6. The van der Waals surface area contributed by atoms with Crippen molar-refractivity contribution in [3.05, 3.63) is 63.3 Å². The summed E-state index contributed by atoms with van der Waals surface area (Å²) in [6, 6.07) is 7.43. The first kappa shape index (κ1) is 136. The van der Waals surface area contributed by atoms with E-state index in [4.69, 9.17) is 57.6 Å². The number of aromatic hydroxyl groups is 1. The van der Waals surface area contributed by atoms with E-state index in [0.29, 0.717) is 124 Å². The van der Waals surface area contributed by atoms with Crippen LogP contribution in [0.15, 0.2) is 57.7 Å². The Bertz CT molecular complexity index is 3480. The van der Waals surface area contributed by atoms with E-state index in [9.17, 15) is 67.1 Å². The highest BCUT2D eigenvalue weighted by atomic mass is 16.6. The Labute approximate surface area is 818 Å². The van der Waals surface area contributed by atoms with Gasteiger partial charge < -0.3 is 62.3 Å². The fourth-order valence-electron chi connectivity index (χ4n) is 10.4. The summed E-state index contributed by atoms with van der Waals surface area (Å²) >= 11 is 0. The molecule has 1 unspecified atom stereocenters. The minimum absolute atomic E-state index is 0.0995. The van der Waals surface area contributed by atoms with Crippen LogP contribution in [0, 0.1) is 43.3 Å². The van der Waals surface area contributed by atoms with Crippen LogP contribution in [0.1, 0.15) is 368 Å². The van der Waals surface area contributed by atoms with Gasteiger partial charge in [0.2, 0.25) is 0 Å². The Morgan fingerprint density at radius 1 is 0.279 bits per heavy atom. The molecule has 0 bridgehead atoms. The van der Waals surface area contributed by atoms with E-state index in [0.717, 1.165) is 135 Å². The van der Waals surface area contributed by atoms with Crippen LogP contribution in [0.4, 0.5) is 0 Å². The number of aliphatic hydroxyl groups is 1. The van der Waals surface area contributed by atoms with Gasteiger partial charge in [0.05, 0.1) is 96.7 Å². The van der Waals surface area contributed by atoms with Gasteiger partial charge in [-0.05, 0) is 292 Å². The molecule has 3 heterocycles. The number of hydrogen-bond donors (Lipinski definition) is 2. The summed E-state index contributed by atoms with van der Waals surface area (Å²) in [6.07, 6.45) is 17.6. The minimum Gasteiger partial charge on any atom is -0.508 e. The highest BCUT2D eigenvalue weighted by molar-refractivity contribution is 6.20. The number of phenolic OH excluding ortho intramolecular Hbond substituents is 1. The van der Waals surface area contributed by atoms with Gasteiger partial charge in [0.25, 0.3) is 35.4 Å². The molecule has 0 radical (unpaired) electrons. The van der Waals surface area contributed by atoms with Gasteiger partial charge in [-0.3, -0.25) is 81.8 Å². The summed E-state index contributed by atoms with van der Waals surface area (Å²) in [5.74, 6) is -1.32. The van der Waals surface area contributed by atoms with Crippen LogP contribution in [0.3, 0.4) is 0 Å². The van der Waals surface area contributed by atoms with Crippen LogP contribution in [0.5, 0.6) is 5.75 Å². The highest BCUT2D eigenvalue weighted by Crippen LogP contribution is 2.30. The quantitative estimate of drug-likeness (QED) is 0.0265. The van der Waals surface area contributed by atoms with E-state index >= 15 is 0 Å². The Morgan fingerprint density at radius 3 is 0.632 bits per heavy atom. The molecule has 6 amide bonds. The van der Waals surface area contributed by atoms with Crippen molar-refractivity contribution in [2.45, 2.75) is 362 Å². The Kier molecular flexibility index (Phi) is 70.7. The first-order valence-corrected chi connectivity index (χ1v) is 48.9. The average molecular weight is 1930 g/mol. The molecule has 0 fully saturated rings. The summed E-state index contributed by atoms with van der Waals surface area (Å²) in [7, 11) is 6.16. The SMILES string of the molecule is CCC(C)(C)C(=O)OC.CCC(C)(C)C(=O)OCCCCCCN1C(=O)C(C)=C(C)C1=O.CCC(C)(C)C(=O)OCCCCCCN1C(=O)C(C)=C(C)C1=O.CCC(C)(C)C(=O)OCCCCCCN1C(=O)C(C)=C(C)C1=O.CCC(C)(C)C(=O)OCCO.CCC(C)(C)C(=O)OCCOC.CCC(C)(C)C(=O)OCCOC.CCC(C)(C)C(=O)OCCOC.CCC(C)c1ccc(O)cc1. The molecule has 30 nitrogen and oxygen atoms in total. The van der Waals surface area contributed by atoms with Crippen molar-refractivity contribution in [1.29, 1.82) is 0 Å². The van der Waals surface area contributed by atoms with E-state index in [1.165, 1.54) is 27.4 Å². The highest BCUT2D eigenvalue weighted by Gasteiger charge is 2.38. The first-order chi connectivity index (χ1) is 63.1. The summed E-state index contributed by atoms with van der Waals surface area (Å²) < 4.78 is 54.4. The summed E-state index contributed by atoms with van der Waals surface area (Å²) in [6.45, 7) is 65.4. The molecule has 136 heavy (non-hydrogen) atoms. The van der Waals surface area contributed by atoms with E-state index in [1.807, 2.05) is 178 Å². The van der Waals surface area contributed by atoms with Crippen molar-refractivity contribution in [2.75, 3.05) is 121 Å². The van der Waals surface area contributed by atoms with Crippen LogP contribution in [0.2, 0.25) is 0 Å². The number of esters is 8. The molecule has 1 aromatic rings. The predicted octanol–water partition coefficient (Wildman–Crippen LogP) is 20.0. The van der Waals surface area contributed by atoms with Gasteiger partial charge in [0, 0.05) is 74.4 Å². The molecule has 786 valence electrons. The molecule has 3 aliphatic rings. The number of amides is 6. The standard InChI is InChI=1S/3C18H29NO4.C10H14O.3C9H18O3.C8H16O3.C7H14O2/c3*1-6-18(4,5)17(22)23-12-10-8-7-9-11-19-15(20)13(2)14(3)16(19)21;1-3-8(2)9-4-6-10(11)7-5-9;3*1-5-9(2,3)8(10)12-7-6-11-4;1-4-8(2,3)7(10)11-6-5-9;1-5-7(2,3)6(8)9-4/h3*6-12H2,1-5H3;4-8,11H,3H2,1-2H3;3*5-7H2,1-4H3;9H,4-6H2,1-3H3;5H2,1-4H3. The average Bonchev–Trinajstić information content (AvgIpc) is 1.68. The molecule has 2 N–H and O–H groups in total. The lowest BCUT2D eigenvalue weighted by Gasteiger charge is -2.20. The molecule has 1 aromatic carbocycles. The number of hydrogen-bond acceptors (Lipinski definition) is 27. The predicted molar refractivity (Wildman–Crippen MR) is 532 cm³/mol. The second-order valence-corrected chi connectivity index (χ2v) is 39.2. The molecule has 0 saturated heterocycles. The van der Waals surface area contributed by atoms with Gasteiger partial charge in [-0.15, -0.1) is 0 Å². The zero-order valence-corrected chi connectivity index (χ0v) is 91.1. The number of carbonyl (C=O) groups excluding carboxylic acids is 14. The summed E-state index contributed by atoms with van der Waals surface area (Å²) in [5.41, 5.74) is 1.55. The molecular formula is C106H185N3O27. The zero-order chi connectivity index (χ0) is 106. The lowest BCUT2D eigenvalue weighted by atomic mass is 9.91. The third kappa shape index (κ3) is 53.4. The zero-order valence-electron chi connectivity index (χ0n) is 91.1. The topological polar surface area (TPSA) is 391 Å². The van der Waals surface area contributed by atoms with Crippen LogP contribution in [-0.4, -0.2) is 229 Å². The molecule has 0 aliphatic carbocycles. The van der Waals surface area contributed by atoms with Gasteiger partial charge in [-0.1, -0.05) is 101 Å². The number of benzene rings is 1. The fourth-order valence-corrected chi connectivity index (χ4v) is 10.4. The van der Waals surface area contributed by atoms with E-state index in [2.05, 4.69) is 18.6 Å². The van der Waals surface area contributed by atoms with Crippen LogP contribution in [-0.2, 0) is 119 Å². The summed E-state index contributed by atoms with van der Waals surface area (Å²) in [5, 5.41) is 17.4. The largest absolute Gasteiger partial charge is 0.508 e. The number of rotatable bonds is 50. The molecule has 0 aromatic heterocycles. The van der Waals surface area contributed by atoms with E-state index in [-0.39, 0.29) is 118 Å². The molecular weight excluding hydrogens is 1750 g/mol. The maximum absolute atomic E-state index is 11.9. The molecule has 3 aliphatic heterocycles. The Balaban J connectivity index is -0.000000484. The monoisotopic (exact) mass is 1930 g/mol. The number of imide groups is 3. The number of ether oxygens (including phenoxy) is 11. The Morgan fingerprint density at radius 2 is 0.463 bits per heavy atom. The third-order valence-corrected chi connectivity index (χ3v) is 25.2. The second-order valence-electron chi connectivity index (χ2n) is 39.2. The Hall–Kier alpha value is -8.74. The lowest BCUT2D eigenvalue weighted by molar-refractivity contribution is -0.156. The van der Waals surface area contributed by atoms with Crippen molar-refractivity contribution in [1.82, 2.24) is 14.7 Å². The first-order valence-electron chi connectivity index (χ1n) is 48.9. The van der Waals surface area contributed by atoms with Crippen molar-refractivity contribution < 1.29 is 129 Å². The lowest BCUT2D eigenvalue weighted by Crippen LogP contribution is -2.32. The van der Waals surface area contributed by atoms with Gasteiger partial charge in [-0.2, -0.15) is 0 Å². The van der Waals surface area contributed by atoms with Crippen molar-refractivity contribution >= 4 is 83.2 Å². The molecule has 0 spiro atoms. The van der Waals surface area contributed by atoms with Gasteiger partial charge in [0.15, 0.2) is 0 Å². The second kappa shape index (κ2) is 70.8. The number of phenols is 1. The maximum Gasteiger partial charge on any atom is 0.311 e. The maximum atomic E-state index is 11.9. The van der Waals surface area contributed by atoms with Gasteiger partial charge in [0.1, 0.15) is 32.2 Å². The summed E-state index contributed by atoms with van der Waals surface area (Å²) in [4.78, 5) is 166. The number of nitrogens with zero attached hydrogens (tertiary/aromatic N) is 3. The fraction of sp³-hybridized carbons (Fsp3) is 0.755. The van der Waals surface area contributed by atoms with Gasteiger partial charge in [-0.25, -0.2) is 0 Å². The molecule has 4 rings (SSSR count). The van der Waals surface area contributed by atoms with Crippen LogP contribution < -0.4 is 0 Å². The smallest absolute Gasteiger partial charge is 0.311 e. The van der Waals surface area contributed by atoms with Crippen molar-refractivity contribution in [3.8, 4) is 5.75 Å². The van der Waals surface area contributed by atoms with Crippen molar-refractivity contribution in [3.63, 3.8) is 0 Å². The number of methoxy groups -OCH3 is 4. The minimum atomic E-state index is -0.421. The number of carbonyl (C=O) groups is 14. The molecule has 0 saturated carbocycles. The number of aliphatic hydroxyl groups excluding tert-OH is 1. The van der Waals surface area contributed by atoms with Crippen LogP contribution >= 0.6 is 0 Å². The van der Waals surface area contributed by atoms with Crippen molar-refractivity contribution in [2.24, 2.45) is 43.3 Å². The van der Waals surface area contributed by atoms with E-state index in [1.54, 1.807) is 75.0 Å².